The molecule has 4 nitrogen and oxygen atoms in total. The van der Waals surface area contributed by atoms with Crippen molar-refractivity contribution in [2.45, 2.75) is 31.4 Å². The van der Waals surface area contributed by atoms with Crippen LogP contribution in [0.25, 0.3) is 10.2 Å². The van der Waals surface area contributed by atoms with Crippen LogP contribution in [0.2, 0.25) is 0 Å². The van der Waals surface area contributed by atoms with Crippen LogP contribution in [-0.2, 0) is 23.6 Å². The SMILES string of the molecule is CC(CNc1ncnc2sc3c(c12)CCC3)S(C)=O. The van der Waals surface area contributed by atoms with Crippen molar-refractivity contribution in [3.05, 3.63) is 16.8 Å². The number of aryl methyl sites for hydroxylation is 2. The van der Waals surface area contributed by atoms with E-state index in [9.17, 15) is 4.21 Å². The van der Waals surface area contributed by atoms with Crippen LogP contribution >= 0.6 is 11.3 Å². The number of hydrogen-bond donors (Lipinski definition) is 1. The first-order valence-electron chi connectivity index (χ1n) is 6.48. The third-order valence-corrected chi connectivity index (χ3v) is 6.12. The molecule has 19 heavy (non-hydrogen) atoms. The van der Waals surface area contributed by atoms with Gasteiger partial charge in [-0.1, -0.05) is 0 Å². The van der Waals surface area contributed by atoms with Gasteiger partial charge in [-0.3, -0.25) is 4.21 Å². The van der Waals surface area contributed by atoms with Gasteiger partial charge in [-0.05, 0) is 31.7 Å². The minimum absolute atomic E-state index is 0.122. The number of rotatable bonds is 4. The lowest BCUT2D eigenvalue weighted by molar-refractivity contribution is 0.679. The number of aromatic nitrogens is 2. The molecule has 0 radical (unpaired) electrons. The van der Waals surface area contributed by atoms with Crippen LogP contribution in [0.3, 0.4) is 0 Å². The van der Waals surface area contributed by atoms with Gasteiger partial charge in [-0.15, -0.1) is 11.3 Å². The number of thiophene rings is 1. The van der Waals surface area contributed by atoms with Crippen molar-refractivity contribution >= 4 is 38.2 Å². The number of hydrogen-bond acceptors (Lipinski definition) is 5. The molecule has 1 aliphatic rings. The largest absolute Gasteiger partial charge is 0.368 e. The van der Waals surface area contributed by atoms with Gasteiger partial charge in [0, 0.05) is 33.7 Å². The van der Waals surface area contributed by atoms with Gasteiger partial charge in [0.15, 0.2) is 0 Å². The van der Waals surface area contributed by atoms with Crippen molar-refractivity contribution in [3.63, 3.8) is 0 Å². The van der Waals surface area contributed by atoms with Gasteiger partial charge in [-0.2, -0.15) is 0 Å². The van der Waals surface area contributed by atoms with E-state index >= 15 is 0 Å². The van der Waals surface area contributed by atoms with Crippen molar-refractivity contribution in [1.29, 1.82) is 0 Å². The molecule has 0 spiro atoms. The molecule has 0 bridgehead atoms. The molecule has 0 saturated carbocycles. The van der Waals surface area contributed by atoms with Crippen molar-refractivity contribution in [1.82, 2.24) is 9.97 Å². The van der Waals surface area contributed by atoms with E-state index in [0.717, 1.165) is 17.1 Å². The van der Waals surface area contributed by atoms with E-state index in [1.165, 1.54) is 28.7 Å². The molecule has 1 N–H and O–H groups in total. The molecule has 0 fully saturated rings. The van der Waals surface area contributed by atoms with Gasteiger partial charge in [0.25, 0.3) is 0 Å². The standard InChI is InChI=1S/C13H17N3OS2/c1-8(19(2)17)6-14-12-11-9-4-3-5-10(9)18-13(11)16-7-15-12/h7-8H,3-6H2,1-2H3,(H,14,15,16). The van der Waals surface area contributed by atoms with Crippen molar-refractivity contribution in [3.8, 4) is 0 Å². The Morgan fingerprint density at radius 1 is 1.47 bits per heavy atom. The predicted molar refractivity (Wildman–Crippen MR) is 81.5 cm³/mol. The van der Waals surface area contributed by atoms with Crippen LogP contribution in [0.15, 0.2) is 6.33 Å². The quantitative estimate of drug-likeness (QED) is 0.941. The molecule has 2 aromatic rings. The fourth-order valence-electron chi connectivity index (χ4n) is 2.42. The topological polar surface area (TPSA) is 54.9 Å². The molecule has 3 rings (SSSR count). The number of nitrogens with one attached hydrogen (secondary N) is 1. The molecule has 2 heterocycles. The van der Waals surface area contributed by atoms with E-state index in [1.54, 1.807) is 23.9 Å². The maximum absolute atomic E-state index is 11.4. The van der Waals surface area contributed by atoms with Gasteiger partial charge in [0.1, 0.15) is 17.0 Å². The zero-order valence-electron chi connectivity index (χ0n) is 11.1. The van der Waals surface area contributed by atoms with Gasteiger partial charge in [0.2, 0.25) is 0 Å². The molecular formula is C13H17N3OS2. The van der Waals surface area contributed by atoms with Crippen LogP contribution in [-0.4, -0.2) is 32.2 Å². The summed E-state index contributed by atoms with van der Waals surface area (Å²) in [7, 11) is -0.811. The first-order chi connectivity index (χ1) is 9.16. The first kappa shape index (κ1) is 13.0. The molecule has 2 aromatic heterocycles. The Kier molecular flexibility index (Phi) is 3.54. The number of fused-ring (bicyclic) bond motifs is 3. The lowest BCUT2D eigenvalue weighted by Gasteiger charge is -2.11. The normalized spacial score (nSPS) is 17.4. The maximum atomic E-state index is 11.4. The summed E-state index contributed by atoms with van der Waals surface area (Å²) in [5.41, 5.74) is 1.42. The Hall–Kier alpha value is -1.01. The highest BCUT2D eigenvalue weighted by atomic mass is 32.2. The summed E-state index contributed by atoms with van der Waals surface area (Å²) < 4.78 is 11.4. The minimum atomic E-state index is -0.811. The highest BCUT2D eigenvalue weighted by Crippen LogP contribution is 2.38. The fourth-order valence-corrected chi connectivity index (χ4v) is 3.97. The van der Waals surface area contributed by atoms with Crippen LogP contribution in [0.5, 0.6) is 0 Å². The molecule has 2 atom stereocenters. The summed E-state index contributed by atoms with van der Waals surface area (Å²) in [5, 5.41) is 4.66. The summed E-state index contributed by atoms with van der Waals surface area (Å²) in [6.07, 6.45) is 6.90. The summed E-state index contributed by atoms with van der Waals surface area (Å²) in [6, 6.07) is 0. The monoisotopic (exact) mass is 295 g/mol. The third kappa shape index (κ3) is 2.39. The summed E-state index contributed by atoms with van der Waals surface area (Å²) in [4.78, 5) is 11.3. The predicted octanol–water partition coefficient (Wildman–Crippen LogP) is 2.36. The van der Waals surface area contributed by atoms with Crippen LogP contribution in [0, 0.1) is 0 Å². The summed E-state index contributed by atoms with van der Waals surface area (Å²) >= 11 is 1.79. The molecule has 6 heteroatoms. The second-order valence-electron chi connectivity index (χ2n) is 4.95. The molecule has 1 aliphatic carbocycles. The number of nitrogens with zero attached hydrogens (tertiary/aromatic N) is 2. The smallest absolute Gasteiger partial charge is 0.138 e. The van der Waals surface area contributed by atoms with Crippen LogP contribution < -0.4 is 5.32 Å². The minimum Gasteiger partial charge on any atom is -0.368 e. The average molecular weight is 295 g/mol. The zero-order valence-corrected chi connectivity index (χ0v) is 12.7. The fraction of sp³-hybridized carbons (Fsp3) is 0.538. The Balaban J connectivity index is 1.93. The van der Waals surface area contributed by atoms with E-state index in [4.69, 9.17) is 0 Å². The Bertz CT molecular complexity index is 638. The van der Waals surface area contributed by atoms with Gasteiger partial charge >= 0.3 is 0 Å². The van der Waals surface area contributed by atoms with E-state index in [0.29, 0.717) is 6.54 Å². The van der Waals surface area contributed by atoms with Gasteiger partial charge < -0.3 is 5.32 Å². The van der Waals surface area contributed by atoms with E-state index < -0.39 is 10.8 Å². The molecule has 0 amide bonds. The van der Waals surface area contributed by atoms with Gasteiger partial charge in [-0.25, -0.2) is 9.97 Å². The summed E-state index contributed by atoms with van der Waals surface area (Å²) in [6.45, 7) is 2.67. The Morgan fingerprint density at radius 3 is 3.11 bits per heavy atom. The number of anilines is 1. The second kappa shape index (κ2) is 5.17. The molecule has 0 saturated heterocycles. The van der Waals surface area contributed by atoms with Crippen molar-refractivity contribution in [2.24, 2.45) is 0 Å². The molecular weight excluding hydrogens is 278 g/mol. The molecule has 102 valence electrons. The second-order valence-corrected chi connectivity index (χ2v) is 7.84. The van der Waals surface area contributed by atoms with Crippen LogP contribution in [0.4, 0.5) is 5.82 Å². The highest BCUT2D eigenvalue weighted by Gasteiger charge is 2.21. The Morgan fingerprint density at radius 2 is 2.32 bits per heavy atom. The molecule has 0 aromatic carbocycles. The molecule has 2 unspecified atom stereocenters. The zero-order chi connectivity index (χ0) is 13.4. The van der Waals surface area contributed by atoms with Gasteiger partial charge in [0.05, 0.1) is 5.39 Å². The Labute approximate surface area is 119 Å². The lowest BCUT2D eigenvalue weighted by Crippen LogP contribution is -2.21. The van der Waals surface area contributed by atoms with E-state index in [2.05, 4.69) is 15.3 Å². The average Bonchev–Trinajstić information content (AvgIpc) is 2.95. The molecule has 0 aliphatic heterocycles. The maximum Gasteiger partial charge on any atom is 0.138 e. The van der Waals surface area contributed by atoms with Crippen LogP contribution in [0.1, 0.15) is 23.8 Å². The third-order valence-electron chi connectivity index (χ3n) is 3.62. The van der Waals surface area contributed by atoms with Crippen molar-refractivity contribution in [2.75, 3.05) is 18.1 Å². The van der Waals surface area contributed by atoms with E-state index in [-0.39, 0.29) is 5.25 Å². The lowest BCUT2D eigenvalue weighted by atomic mass is 10.2. The highest BCUT2D eigenvalue weighted by molar-refractivity contribution is 7.84. The summed E-state index contributed by atoms with van der Waals surface area (Å²) in [5.74, 6) is 0.904. The first-order valence-corrected chi connectivity index (χ1v) is 8.92. The van der Waals surface area contributed by atoms with E-state index in [1.807, 2.05) is 6.92 Å². The van der Waals surface area contributed by atoms with Crippen molar-refractivity contribution < 1.29 is 4.21 Å².